The SMILES string of the molecule is CC1CCC(=O)N(CC(N)C2CCCC2)CC1. The Morgan fingerprint density at radius 1 is 1.29 bits per heavy atom. The van der Waals surface area contributed by atoms with Gasteiger partial charge in [-0.2, -0.15) is 0 Å². The van der Waals surface area contributed by atoms with Gasteiger partial charge in [-0.25, -0.2) is 0 Å². The van der Waals surface area contributed by atoms with E-state index in [-0.39, 0.29) is 6.04 Å². The lowest BCUT2D eigenvalue weighted by molar-refractivity contribution is -0.131. The van der Waals surface area contributed by atoms with Crippen molar-refractivity contribution in [2.24, 2.45) is 17.6 Å². The van der Waals surface area contributed by atoms with Crippen LogP contribution in [0.3, 0.4) is 0 Å². The van der Waals surface area contributed by atoms with Gasteiger partial charge < -0.3 is 10.6 Å². The van der Waals surface area contributed by atoms with Gasteiger partial charge in [0.1, 0.15) is 0 Å². The molecule has 2 aliphatic rings. The van der Waals surface area contributed by atoms with E-state index in [0.717, 1.165) is 32.4 Å². The number of carbonyl (C=O) groups excluding carboxylic acids is 1. The van der Waals surface area contributed by atoms with Crippen molar-refractivity contribution in [3.05, 3.63) is 0 Å². The molecule has 1 aliphatic heterocycles. The normalized spacial score (nSPS) is 29.4. The van der Waals surface area contributed by atoms with Gasteiger partial charge >= 0.3 is 0 Å². The van der Waals surface area contributed by atoms with Crippen molar-refractivity contribution in [1.82, 2.24) is 4.90 Å². The highest BCUT2D eigenvalue weighted by molar-refractivity contribution is 5.76. The third-order valence-electron chi connectivity index (χ3n) is 4.53. The zero-order valence-electron chi connectivity index (χ0n) is 11.0. The Labute approximate surface area is 105 Å². The molecule has 0 radical (unpaired) electrons. The lowest BCUT2D eigenvalue weighted by Crippen LogP contribution is -2.44. The smallest absolute Gasteiger partial charge is 0.222 e. The third-order valence-corrected chi connectivity index (χ3v) is 4.53. The minimum Gasteiger partial charge on any atom is -0.341 e. The fourth-order valence-corrected chi connectivity index (χ4v) is 3.16. The summed E-state index contributed by atoms with van der Waals surface area (Å²) in [6.07, 6.45) is 8.08. The number of amides is 1. The van der Waals surface area contributed by atoms with Crippen molar-refractivity contribution in [2.75, 3.05) is 13.1 Å². The lowest BCUT2D eigenvalue weighted by Gasteiger charge is -2.27. The zero-order valence-corrected chi connectivity index (χ0v) is 11.0. The van der Waals surface area contributed by atoms with Crippen LogP contribution in [0.5, 0.6) is 0 Å². The maximum Gasteiger partial charge on any atom is 0.222 e. The van der Waals surface area contributed by atoms with E-state index in [2.05, 4.69) is 6.92 Å². The lowest BCUT2D eigenvalue weighted by atomic mass is 9.98. The molecule has 1 heterocycles. The van der Waals surface area contributed by atoms with Gasteiger partial charge in [0.15, 0.2) is 0 Å². The van der Waals surface area contributed by atoms with E-state index in [1.807, 2.05) is 4.90 Å². The van der Waals surface area contributed by atoms with Crippen molar-refractivity contribution in [2.45, 2.75) is 57.9 Å². The molecule has 0 aromatic rings. The molecule has 17 heavy (non-hydrogen) atoms. The molecule has 0 bridgehead atoms. The fraction of sp³-hybridized carbons (Fsp3) is 0.929. The molecule has 0 aromatic heterocycles. The van der Waals surface area contributed by atoms with Crippen LogP contribution in [0.4, 0.5) is 0 Å². The molecule has 3 heteroatoms. The van der Waals surface area contributed by atoms with E-state index in [1.165, 1.54) is 25.7 Å². The molecule has 3 nitrogen and oxygen atoms in total. The van der Waals surface area contributed by atoms with E-state index in [1.54, 1.807) is 0 Å². The quantitative estimate of drug-likeness (QED) is 0.819. The predicted octanol–water partition coefficient (Wildman–Crippen LogP) is 2.15. The number of carbonyl (C=O) groups is 1. The Kier molecular flexibility index (Phi) is 4.43. The molecule has 1 aliphatic carbocycles. The van der Waals surface area contributed by atoms with Crippen LogP contribution in [-0.2, 0) is 4.79 Å². The van der Waals surface area contributed by atoms with Gasteiger partial charge in [0.05, 0.1) is 0 Å². The van der Waals surface area contributed by atoms with Gasteiger partial charge in [-0.15, -0.1) is 0 Å². The number of likely N-dealkylation sites (tertiary alicyclic amines) is 1. The first-order chi connectivity index (χ1) is 8.16. The Morgan fingerprint density at radius 3 is 2.71 bits per heavy atom. The third kappa shape index (κ3) is 3.44. The maximum atomic E-state index is 12.0. The van der Waals surface area contributed by atoms with Gasteiger partial charge in [0.25, 0.3) is 0 Å². The predicted molar refractivity (Wildman–Crippen MR) is 69.5 cm³/mol. The van der Waals surface area contributed by atoms with Gasteiger partial charge in [-0.3, -0.25) is 4.79 Å². The topological polar surface area (TPSA) is 46.3 Å². The van der Waals surface area contributed by atoms with Crippen molar-refractivity contribution in [3.63, 3.8) is 0 Å². The highest BCUT2D eigenvalue weighted by Gasteiger charge is 2.27. The first kappa shape index (κ1) is 12.9. The molecule has 0 aromatic carbocycles. The molecule has 1 amide bonds. The second-order valence-corrected chi connectivity index (χ2v) is 5.98. The molecular formula is C14H26N2O. The summed E-state index contributed by atoms with van der Waals surface area (Å²) < 4.78 is 0. The minimum absolute atomic E-state index is 0.204. The second-order valence-electron chi connectivity index (χ2n) is 5.98. The largest absolute Gasteiger partial charge is 0.341 e. The van der Waals surface area contributed by atoms with Crippen LogP contribution in [-0.4, -0.2) is 29.9 Å². The second kappa shape index (κ2) is 5.85. The van der Waals surface area contributed by atoms with Crippen molar-refractivity contribution >= 4 is 5.91 Å². The van der Waals surface area contributed by atoms with Crippen LogP contribution in [0.25, 0.3) is 0 Å². The van der Waals surface area contributed by atoms with Gasteiger partial charge in [-0.05, 0) is 37.5 Å². The molecule has 2 unspecified atom stereocenters. The molecule has 2 rings (SSSR count). The highest BCUT2D eigenvalue weighted by Crippen LogP contribution is 2.27. The van der Waals surface area contributed by atoms with Crippen LogP contribution in [0, 0.1) is 11.8 Å². The average molecular weight is 238 g/mol. The molecule has 2 N–H and O–H groups in total. The zero-order chi connectivity index (χ0) is 12.3. The maximum absolute atomic E-state index is 12.0. The van der Waals surface area contributed by atoms with Crippen LogP contribution >= 0.6 is 0 Å². The molecule has 2 fully saturated rings. The van der Waals surface area contributed by atoms with E-state index in [9.17, 15) is 4.79 Å². The summed E-state index contributed by atoms with van der Waals surface area (Å²) in [5.74, 6) is 1.66. The first-order valence-corrected chi connectivity index (χ1v) is 7.20. The van der Waals surface area contributed by atoms with Crippen LogP contribution < -0.4 is 5.73 Å². The van der Waals surface area contributed by atoms with Gasteiger partial charge in [0, 0.05) is 25.6 Å². The Bertz CT molecular complexity index is 261. The van der Waals surface area contributed by atoms with E-state index >= 15 is 0 Å². The van der Waals surface area contributed by atoms with Gasteiger partial charge in [-0.1, -0.05) is 19.8 Å². The summed E-state index contributed by atoms with van der Waals surface area (Å²) >= 11 is 0. The average Bonchev–Trinajstić information content (AvgIpc) is 2.80. The summed E-state index contributed by atoms with van der Waals surface area (Å²) in [6, 6.07) is 0.204. The van der Waals surface area contributed by atoms with Crippen molar-refractivity contribution < 1.29 is 4.79 Å². The molecule has 1 saturated carbocycles. The summed E-state index contributed by atoms with van der Waals surface area (Å²) in [7, 11) is 0. The number of hydrogen-bond donors (Lipinski definition) is 1. The monoisotopic (exact) mass is 238 g/mol. The van der Waals surface area contributed by atoms with E-state index in [4.69, 9.17) is 5.73 Å². The van der Waals surface area contributed by atoms with E-state index in [0.29, 0.717) is 17.7 Å². The number of hydrogen-bond acceptors (Lipinski definition) is 2. The highest BCUT2D eigenvalue weighted by atomic mass is 16.2. The van der Waals surface area contributed by atoms with Crippen LogP contribution in [0.15, 0.2) is 0 Å². The molecular weight excluding hydrogens is 212 g/mol. The van der Waals surface area contributed by atoms with Crippen LogP contribution in [0.2, 0.25) is 0 Å². The molecule has 2 atom stereocenters. The summed E-state index contributed by atoms with van der Waals surface area (Å²) in [5, 5.41) is 0. The van der Waals surface area contributed by atoms with Gasteiger partial charge in [0.2, 0.25) is 5.91 Å². The standard InChI is InChI=1S/C14H26N2O/c1-11-6-7-14(17)16(9-8-11)10-13(15)12-4-2-3-5-12/h11-13H,2-10,15H2,1H3. The number of rotatable bonds is 3. The summed E-state index contributed by atoms with van der Waals surface area (Å²) in [5.41, 5.74) is 6.26. The molecule has 98 valence electrons. The first-order valence-electron chi connectivity index (χ1n) is 7.20. The Balaban J connectivity index is 1.85. The van der Waals surface area contributed by atoms with E-state index < -0.39 is 0 Å². The molecule has 0 spiro atoms. The summed E-state index contributed by atoms with van der Waals surface area (Å²) in [4.78, 5) is 14.0. The van der Waals surface area contributed by atoms with Crippen molar-refractivity contribution in [3.8, 4) is 0 Å². The number of nitrogens with two attached hydrogens (primary N) is 1. The van der Waals surface area contributed by atoms with Crippen molar-refractivity contribution in [1.29, 1.82) is 0 Å². The minimum atomic E-state index is 0.204. The molecule has 1 saturated heterocycles. The summed E-state index contributed by atoms with van der Waals surface area (Å²) in [6.45, 7) is 3.95. The number of nitrogens with zero attached hydrogens (tertiary/aromatic N) is 1. The van der Waals surface area contributed by atoms with Crippen LogP contribution in [0.1, 0.15) is 51.9 Å². The Hall–Kier alpha value is -0.570. The fourth-order valence-electron chi connectivity index (χ4n) is 3.16. The Morgan fingerprint density at radius 2 is 2.00 bits per heavy atom.